The molecule has 3 nitrogen and oxygen atoms in total. The molecule has 0 spiro atoms. The normalized spacial score (nSPS) is 12.1. The summed E-state index contributed by atoms with van der Waals surface area (Å²) in [6, 6.07) is 0. The average molecular weight is 181 g/mol. The van der Waals surface area contributed by atoms with E-state index in [1.54, 1.807) is 4.68 Å². The summed E-state index contributed by atoms with van der Waals surface area (Å²) < 4.78 is 1.75. The summed E-state index contributed by atoms with van der Waals surface area (Å²) in [7, 11) is 1.89. The third-order valence-electron chi connectivity index (χ3n) is 2.86. The van der Waals surface area contributed by atoms with Crippen molar-refractivity contribution >= 4 is 5.82 Å². The molecule has 1 aromatic heterocycles. The molecule has 74 valence electrons. The molecule has 0 aliphatic rings. The Morgan fingerprint density at radius 1 is 1.46 bits per heavy atom. The lowest BCUT2D eigenvalue weighted by Gasteiger charge is -2.20. The van der Waals surface area contributed by atoms with Gasteiger partial charge in [-0.1, -0.05) is 20.8 Å². The van der Waals surface area contributed by atoms with Gasteiger partial charge in [0, 0.05) is 18.0 Å². The molecule has 1 rings (SSSR count). The summed E-state index contributed by atoms with van der Waals surface area (Å²) in [4.78, 5) is 0. The van der Waals surface area contributed by atoms with Gasteiger partial charge in [0.15, 0.2) is 0 Å². The van der Waals surface area contributed by atoms with Gasteiger partial charge in [-0.25, -0.2) is 0 Å². The second-order valence-corrected chi connectivity index (χ2v) is 4.22. The number of anilines is 1. The Morgan fingerprint density at radius 3 is 2.31 bits per heavy atom. The van der Waals surface area contributed by atoms with E-state index in [0.717, 1.165) is 23.5 Å². The maximum Gasteiger partial charge on any atom is 0.124 e. The van der Waals surface area contributed by atoms with Crippen LogP contribution in [-0.4, -0.2) is 9.78 Å². The highest BCUT2D eigenvalue weighted by atomic mass is 15.3. The molecular formula is C10H19N3. The highest BCUT2D eigenvalue weighted by molar-refractivity contribution is 5.44. The van der Waals surface area contributed by atoms with Crippen LogP contribution >= 0.6 is 0 Å². The van der Waals surface area contributed by atoms with E-state index in [1.807, 2.05) is 14.0 Å². The molecule has 0 fully saturated rings. The van der Waals surface area contributed by atoms with Crippen molar-refractivity contribution in [2.24, 2.45) is 7.05 Å². The highest BCUT2D eigenvalue weighted by Crippen LogP contribution is 2.30. The Morgan fingerprint density at radius 2 is 2.00 bits per heavy atom. The Hall–Kier alpha value is -0.990. The third kappa shape index (κ3) is 1.55. The first-order valence-electron chi connectivity index (χ1n) is 4.69. The number of nitrogens with zero attached hydrogens (tertiary/aromatic N) is 2. The average Bonchev–Trinajstić information content (AvgIpc) is 2.33. The van der Waals surface area contributed by atoms with Crippen molar-refractivity contribution in [1.29, 1.82) is 0 Å². The summed E-state index contributed by atoms with van der Waals surface area (Å²) in [6.07, 6.45) is 1.07. The van der Waals surface area contributed by atoms with Gasteiger partial charge >= 0.3 is 0 Å². The monoisotopic (exact) mass is 181 g/mol. The van der Waals surface area contributed by atoms with E-state index < -0.39 is 0 Å². The Kier molecular flexibility index (Phi) is 2.37. The molecule has 3 heteroatoms. The van der Waals surface area contributed by atoms with E-state index in [2.05, 4.69) is 25.9 Å². The second kappa shape index (κ2) is 3.05. The van der Waals surface area contributed by atoms with Gasteiger partial charge in [-0.2, -0.15) is 5.10 Å². The van der Waals surface area contributed by atoms with Crippen molar-refractivity contribution in [3.63, 3.8) is 0 Å². The molecule has 13 heavy (non-hydrogen) atoms. The zero-order valence-corrected chi connectivity index (χ0v) is 9.18. The van der Waals surface area contributed by atoms with Gasteiger partial charge in [-0.15, -0.1) is 0 Å². The summed E-state index contributed by atoms with van der Waals surface area (Å²) in [5.41, 5.74) is 8.22. The topological polar surface area (TPSA) is 43.8 Å². The fraction of sp³-hybridized carbons (Fsp3) is 0.700. The Labute approximate surface area is 79.9 Å². The number of aryl methyl sites for hydroxylation is 1. The zero-order chi connectivity index (χ0) is 10.2. The lowest BCUT2D eigenvalue weighted by atomic mass is 9.84. The van der Waals surface area contributed by atoms with Gasteiger partial charge in [-0.3, -0.25) is 4.68 Å². The summed E-state index contributed by atoms with van der Waals surface area (Å²) >= 11 is 0. The van der Waals surface area contributed by atoms with Crippen molar-refractivity contribution in [3.05, 3.63) is 11.3 Å². The molecule has 0 saturated heterocycles. The standard InChI is InChI=1S/C10H19N3/c1-6-10(3,4)8-7(2)9(11)13(5)12-8/h6,11H2,1-5H3. The second-order valence-electron chi connectivity index (χ2n) is 4.22. The van der Waals surface area contributed by atoms with Crippen LogP contribution in [0.2, 0.25) is 0 Å². The van der Waals surface area contributed by atoms with Crippen LogP contribution in [0.25, 0.3) is 0 Å². The molecule has 1 heterocycles. The van der Waals surface area contributed by atoms with Crippen molar-refractivity contribution in [2.75, 3.05) is 5.73 Å². The first kappa shape index (κ1) is 10.1. The van der Waals surface area contributed by atoms with Crippen LogP contribution in [0, 0.1) is 6.92 Å². The lowest BCUT2D eigenvalue weighted by molar-refractivity contribution is 0.480. The van der Waals surface area contributed by atoms with E-state index in [1.165, 1.54) is 0 Å². The Balaban J connectivity index is 3.23. The molecule has 0 aliphatic carbocycles. The first-order chi connectivity index (χ1) is 5.90. The van der Waals surface area contributed by atoms with E-state index in [9.17, 15) is 0 Å². The molecule has 0 radical (unpaired) electrons. The maximum absolute atomic E-state index is 5.85. The van der Waals surface area contributed by atoms with Gasteiger partial charge in [0.05, 0.1) is 5.69 Å². The maximum atomic E-state index is 5.85. The Bertz CT molecular complexity index is 310. The molecule has 0 aromatic carbocycles. The van der Waals surface area contributed by atoms with E-state index in [4.69, 9.17) is 5.73 Å². The predicted molar refractivity (Wildman–Crippen MR) is 55.7 cm³/mol. The molecular weight excluding hydrogens is 162 g/mol. The van der Waals surface area contributed by atoms with Gasteiger partial charge in [0.1, 0.15) is 5.82 Å². The summed E-state index contributed by atoms with van der Waals surface area (Å²) in [5.74, 6) is 0.775. The van der Waals surface area contributed by atoms with Crippen molar-refractivity contribution in [3.8, 4) is 0 Å². The highest BCUT2D eigenvalue weighted by Gasteiger charge is 2.25. The molecule has 0 amide bonds. The van der Waals surface area contributed by atoms with Crippen LogP contribution in [0.1, 0.15) is 38.4 Å². The van der Waals surface area contributed by atoms with Crippen molar-refractivity contribution < 1.29 is 0 Å². The van der Waals surface area contributed by atoms with E-state index in [-0.39, 0.29) is 5.41 Å². The first-order valence-corrected chi connectivity index (χ1v) is 4.69. The molecule has 0 aliphatic heterocycles. The van der Waals surface area contributed by atoms with Crippen LogP contribution in [0.4, 0.5) is 5.82 Å². The third-order valence-corrected chi connectivity index (χ3v) is 2.86. The van der Waals surface area contributed by atoms with E-state index >= 15 is 0 Å². The van der Waals surface area contributed by atoms with Gasteiger partial charge in [-0.05, 0) is 13.3 Å². The molecule has 2 N–H and O–H groups in total. The molecule has 0 atom stereocenters. The van der Waals surface area contributed by atoms with Gasteiger partial charge in [0.2, 0.25) is 0 Å². The number of hydrogen-bond donors (Lipinski definition) is 1. The van der Waals surface area contributed by atoms with Crippen LogP contribution in [-0.2, 0) is 12.5 Å². The van der Waals surface area contributed by atoms with Crippen molar-refractivity contribution in [1.82, 2.24) is 9.78 Å². The SMILES string of the molecule is CCC(C)(C)c1nn(C)c(N)c1C. The van der Waals surface area contributed by atoms with Crippen LogP contribution in [0.3, 0.4) is 0 Å². The summed E-state index contributed by atoms with van der Waals surface area (Å²) in [5, 5.41) is 4.44. The minimum Gasteiger partial charge on any atom is -0.384 e. The fourth-order valence-corrected chi connectivity index (χ4v) is 1.45. The quantitative estimate of drug-likeness (QED) is 0.758. The van der Waals surface area contributed by atoms with Crippen LogP contribution < -0.4 is 5.73 Å². The largest absolute Gasteiger partial charge is 0.384 e. The smallest absolute Gasteiger partial charge is 0.124 e. The molecule has 0 unspecified atom stereocenters. The molecule has 0 saturated carbocycles. The van der Waals surface area contributed by atoms with Crippen LogP contribution in [0.15, 0.2) is 0 Å². The predicted octanol–water partition coefficient (Wildman–Crippen LogP) is 2.00. The van der Waals surface area contributed by atoms with Gasteiger partial charge < -0.3 is 5.73 Å². The number of nitrogens with two attached hydrogens (primary N) is 1. The number of hydrogen-bond acceptors (Lipinski definition) is 2. The van der Waals surface area contributed by atoms with Crippen LogP contribution in [0.5, 0.6) is 0 Å². The number of nitrogen functional groups attached to an aromatic ring is 1. The minimum absolute atomic E-state index is 0.124. The number of rotatable bonds is 2. The van der Waals surface area contributed by atoms with Gasteiger partial charge in [0.25, 0.3) is 0 Å². The van der Waals surface area contributed by atoms with E-state index in [0.29, 0.717) is 0 Å². The number of aromatic nitrogens is 2. The summed E-state index contributed by atoms with van der Waals surface area (Å²) in [6.45, 7) is 8.60. The molecule has 1 aromatic rings. The minimum atomic E-state index is 0.124. The fourth-order valence-electron chi connectivity index (χ4n) is 1.45. The van der Waals surface area contributed by atoms with Crippen molar-refractivity contribution in [2.45, 2.75) is 39.5 Å². The lowest BCUT2D eigenvalue weighted by Crippen LogP contribution is -2.17. The zero-order valence-electron chi connectivity index (χ0n) is 9.18. The molecule has 0 bridgehead atoms.